The van der Waals surface area contributed by atoms with Gasteiger partial charge in [-0.2, -0.15) is 4.31 Å². The molecule has 0 radical (unpaired) electrons. The quantitative estimate of drug-likeness (QED) is 0.563. The maximum absolute atomic E-state index is 12.9. The van der Waals surface area contributed by atoms with E-state index >= 15 is 0 Å². The van der Waals surface area contributed by atoms with E-state index in [4.69, 9.17) is 25.9 Å². The SMILES string of the molecule is O=C(NC1CCCC1OCc1ccccc1)OC1=NOC2(CCN(S(=O)(=O)c3ccc(Cl)s3)CC2)C1. The first-order valence-electron chi connectivity index (χ1n) is 12.0. The third kappa shape index (κ3) is 5.70. The molecule has 1 saturated heterocycles. The maximum Gasteiger partial charge on any atom is 0.414 e. The second-order valence-corrected chi connectivity index (χ2v) is 13.2. The van der Waals surface area contributed by atoms with Crippen LogP contribution in [0.5, 0.6) is 0 Å². The molecule has 36 heavy (non-hydrogen) atoms. The average molecular weight is 554 g/mol. The number of piperidine rings is 1. The highest BCUT2D eigenvalue weighted by atomic mass is 35.5. The van der Waals surface area contributed by atoms with E-state index in [1.807, 2.05) is 30.3 Å². The third-order valence-corrected chi connectivity index (χ3v) is 10.5. The van der Waals surface area contributed by atoms with E-state index in [1.54, 1.807) is 6.07 Å². The molecule has 2 aromatic rings. The molecule has 1 saturated carbocycles. The molecule has 2 aliphatic heterocycles. The summed E-state index contributed by atoms with van der Waals surface area (Å²) in [7, 11) is -3.59. The van der Waals surface area contributed by atoms with E-state index in [0.29, 0.717) is 30.2 Å². The maximum atomic E-state index is 12.9. The summed E-state index contributed by atoms with van der Waals surface area (Å²) >= 11 is 6.95. The van der Waals surface area contributed by atoms with Crippen LogP contribution in [0.3, 0.4) is 0 Å². The molecule has 2 unspecified atom stereocenters. The Morgan fingerprint density at radius 3 is 2.69 bits per heavy atom. The summed E-state index contributed by atoms with van der Waals surface area (Å²) in [6, 6.07) is 12.9. The number of nitrogens with zero attached hydrogens (tertiary/aromatic N) is 2. The monoisotopic (exact) mass is 553 g/mol. The first kappa shape index (κ1) is 25.5. The minimum Gasteiger partial charge on any atom is -0.392 e. The lowest BCUT2D eigenvalue weighted by Crippen LogP contribution is -2.47. The number of nitrogens with one attached hydrogen (secondary N) is 1. The fraction of sp³-hybridized carbons (Fsp3) is 0.500. The topological polar surface area (TPSA) is 107 Å². The van der Waals surface area contributed by atoms with Gasteiger partial charge in [0.15, 0.2) is 0 Å². The predicted molar refractivity (Wildman–Crippen MR) is 135 cm³/mol. The average Bonchev–Trinajstić information content (AvgIpc) is 3.60. The molecule has 1 aromatic carbocycles. The van der Waals surface area contributed by atoms with Crippen molar-refractivity contribution >= 4 is 45.0 Å². The Kier molecular flexibility index (Phi) is 7.55. The van der Waals surface area contributed by atoms with Crippen LogP contribution in [-0.2, 0) is 30.9 Å². The van der Waals surface area contributed by atoms with Crippen LogP contribution in [-0.4, -0.2) is 55.6 Å². The molecular formula is C24H28ClN3O6S2. The van der Waals surface area contributed by atoms with Crippen molar-refractivity contribution in [3.8, 4) is 0 Å². The van der Waals surface area contributed by atoms with Gasteiger partial charge in [0.05, 0.1) is 29.5 Å². The van der Waals surface area contributed by atoms with E-state index in [-0.39, 0.29) is 35.3 Å². The Bertz CT molecular complexity index is 1210. The number of hydrogen-bond acceptors (Lipinski definition) is 8. The number of rotatable bonds is 6. The van der Waals surface area contributed by atoms with Crippen LogP contribution in [0.1, 0.15) is 44.1 Å². The molecule has 12 heteroatoms. The Labute approximate surface area is 219 Å². The van der Waals surface area contributed by atoms with Gasteiger partial charge in [-0.15, -0.1) is 11.3 Å². The van der Waals surface area contributed by atoms with Crippen LogP contribution in [0.15, 0.2) is 51.8 Å². The van der Waals surface area contributed by atoms with E-state index in [2.05, 4.69) is 10.5 Å². The Morgan fingerprint density at radius 2 is 1.97 bits per heavy atom. The number of carbonyl (C=O) groups excluding carboxylic acids is 1. The van der Waals surface area contributed by atoms with E-state index in [9.17, 15) is 13.2 Å². The molecule has 194 valence electrons. The Hall–Kier alpha value is -2.18. The molecule has 1 amide bonds. The molecule has 5 rings (SSSR count). The minimum atomic E-state index is -3.59. The van der Waals surface area contributed by atoms with Gasteiger partial charge in [-0.25, -0.2) is 13.2 Å². The number of benzene rings is 1. The number of alkyl carbamates (subject to hydrolysis) is 1. The lowest BCUT2D eigenvalue weighted by Gasteiger charge is -2.35. The van der Waals surface area contributed by atoms with E-state index in [1.165, 1.54) is 10.4 Å². The summed E-state index contributed by atoms with van der Waals surface area (Å²) in [6.45, 7) is 1.07. The molecule has 1 aliphatic carbocycles. The predicted octanol–water partition coefficient (Wildman–Crippen LogP) is 4.52. The van der Waals surface area contributed by atoms with Crippen molar-refractivity contribution in [3.63, 3.8) is 0 Å². The largest absolute Gasteiger partial charge is 0.414 e. The second kappa shape index (κ2) is 10.7. The van der Waals surface area contributed by atoms with Crippen molar-refractivity contribution in [2.75, 3.05) is 13.1 Å². The second-order valence-electron chi connectivity index (χ2n) is 9.31. The molecule has 2 atom stereocenters. The first-order valence-corrected chi connectivity index (χ1v) is 14.6. The van der Waals surface area contributed by atoms with Crippen LogP contribution in [0.25, 0.3) is 0 Å². The molecule has 2 fully saturated rings. The zero-order valence-electron chi connectivity index (χ0n) is 19.6. The highest BCUT2D eigenvalue weighted by Crippen LogP contribution is 2.37. The van der Waals surface area contributed by atoms with Gasteiger partial charge in [-0.05, 0) is 37.0 Å². The van der Waals surface area contributed by atoms with Crippen molar-refractivity contribution in [1.29, 1.82) is 0 Å². The zero-order valence-corrected chi connectivity index (χ0v) is 22.0. The van der Waals surface area contributed by atoms with Crippen LogP contribution in [0.4, 0.5) is 4.79 Å². The van der Waals surface area contributed by atoms with Gasteiger partial charge in [0.1, 0.15) is 9.81 Å². The van der Waals surface area contributed by atoms with E-state index < -0.39 is 21.7 Å². The van der Waals surface area contributed by atoms with Gasteiger partial charge >= 0.3 is 6.09 Å². The summed E-state index contributed by atoms with van der Waals surface area (Å²) in [5.41, 5.74) is 0.426. The van der Waals surface area contributed by atoms with Crippen molar-refractivity contribution < 1.29 is 27.5 Å². The summed E-state index contributed by atoms with van der Waals surface area (Å²) in [5, 5.41) is 6.90. The van der Waals surface area contributed by atoms with Crippen molar-refractivity contribution in [3.05, 3.63) is 52.4 Å². The number of oxime groups is 1. The summed E-state index contributed by atoms with van der Waals surface area (Å²) in [6.07, 6.45) is 3.22. The van der Waals surface area contributed by atoms with Gasteiger partial charge in [0.25, 0.3) is 10.0 Å². The van der Waals surface area contributed by atoms with Crippen LogP contribution >= 0.6 is 22.9 Å². The molecular weight excluding hydrogens is 526 g/mol. The summed E-state index contributed by atoms with van der Waals surface area (Å²) < 4.78 is 39.3. The zero-order chi connectivity index (χ0) is 25.2. The third-order valence-electron chi connectivity index (χ3n) is 6.86. The van der Waals surface area contributed by atoms with Gasteiger partial charge in [0.2, 0.25) is 5.90 Å². The highest BCUT2D eigenvalue weighted by molar-refractivity contribution is 7.91. The van der Waals surface area contributed by atoms with Crippen molar-refractivity contribution in [2.45, 2.75) is 67.1 Å². The normalized spacial score (nSPS) is 23.9. The number of hydrogen-bond donors (Lipinski definition) is 1. The molecule has 9 nitrogen and oxygen atoms in total. The molecule has 1 spiro atoms. The molecule has 3 heterocycles. The van der Waals surface area contributed by atoms with Crippen LogP contribution in [0.2, 0.25) is 4.34 Å². The molecule has 0 bridgehead atoms. The number of amides is 1. The van der Waals surface area contributed by atoms with E-state index in [0.717, 1.165) is 36.2 Å². The molecule has 3 aliphatic rings. The van der Waals surface area contributed by atoms with Crippen LogP contribution < -0.4 is 5.32 Å². The summed E-state index contributed by atoms with van der Waals surface area (Å²) in [5.74, 6) is 0.202. The van der Waals surface area contributed by atoms with Gasteiger partial charge in [0, 0.05) is 25.9 Å². The summed E-state index contributed by atoms with van der Waals surface area (Å²) in [4.78, 5) is 18.2. The fourth-order valence-electron chi connectivity index (χ4n) is 4.86. The smallest absolute Gasteiger partial charge is 0.392 e. The first-order chi connectivity index (χ1) is 17.3. The lowest BCUT2D eigenvalue weighted by molar-refractivity contribution is -0.0506. The number of halogens is 1. The molecule has 1 N–H and O–H groups in total. The van der Waals surface area contributed by atoms with Gasteiger partial charge in [-0.3, -0.25) is 0 Å². The van der Waals surface area contributed by atoms with Gasteiger partial charge in [-0.1, -0.05) is 47.1 Å². The fourth-order valence-corrected chi connectivity index (χ4v) is 7.94. The lowest BCUT2D eigenvalue weighted by atomic mass is 9.89. The number of carbonyl (C=O) groups is 1. The van der Waals surface area contributed by atoms with Crippen molar-refractivity contribution in [2.24, 2.45) is 5.16 Å². The van der Waals surface area contributed by atoms with Crippen molar-refractivity contribution in [1.82, 2.24) is 9.62 Å². The molecule has 1 aromatic heterocycles. The number of thiophene rings is 1. The number of sulfonamides is 1. The van der Waals surface area contributed by atoms with Crippen LogP contribution in [0, 0.1) is 0 Å². The Morgan fingerprint density at radius 1 is 1.19 bits per heavy atom. The standard InChI is InChI=1S/C24H28ClN3O6S2/c25-20-9-10-22(35-20)36(30,31)28-13-11-24(12-14-28)15-21(27-34-24)33-23(29)26-18-7-4-8-19(18)32-16-17-5-2-1-3-6-17/h1-3,5-6,9-10,18-19H,4,7-8,11-16H2,(H,26,29). The Balaban J connectivity index is 1.09. The van der Waals surface area contributed by atoms with Gasteiger partial charge < -0.3 is 19.6 Å². The minimum absolute atomic E-state index is 0.0737. The highest BCUT2D eigenvalue weighted by Gasteiger charge is 2.46. The number of ether oxygens (including phenoxy) is 2.